The molecule has 1 aliphatic heterocycles. The van der Waals surface area contributed by atoms with Crippen molar-refractivity contribution in [2.45, 2.75) is 6.42 Å². The Morgan fingerprint density at radius 2 is 2.30 bits per heavy atom. The lowest BCUT2D eigenvalue weighted by Gasteiger charge is -2.23. The molecule has 1 aliphatic rings. The summed E-state index contributed by atoms with van der Waals surface area (Å²) in [6.45, 7) is 1.75. The van der Waals surface area contributed by atoms with Crippen LogP contribution in [0, 0.1) is 0 Å². The molecule has 0 aromatic rings. The van der Waals surface area contributed by atoms with Crippen molar-refractivity contribution in [2.24, 2.45) is 16.7 Å². The van der Waals surface area contributed by atoms with Gasteiger partial charge in [0.05, 0.1) is 0 Å². The first-order valence-electron chi connectivity index (χ1n) is 3.28. The van der Waals surface area contributed by atoms with Crippen LogP contribution in [0.3, 0.4) is 0 Å². The van der Waals surface area contributed by atoms with Crippen LogP contribution >= 0.6 is 0 Å². The molecule has 56 valence electrons. The maximum absolute atomic E-state index is 5.46. The summed E-state index contributed by atoms with van der Waals surface area (Å²) in [6.07, 6.45) is 5.21. The Morgan fingerprint density at radius 1 is 1.50 bits per heavy atom. The van der Waals surface area contributed by atoms with E-state index in [1.807, 2.05) is 4.90 Å². The number of rotatable bonds is 0. The van der Waals surface area contributed by atoms with E-state index in [0.717, 1.165) is 19.5 Å². The molecule has 0 unspecified atom stereocenters. The zero-order valence-corrected chi connectivity index (χ0v) is 5.83. The molecule has 4 N–H and O–H groups in total. The van der Waals surface area contributed by atoms with E-state index >= 15 is 0 Å². The first kappa shape index (κ1) is 6.92. The molecule has 0 aromatic heterocycles. The minimum absolute atomic E-state index is 0.421. The van der Waals surface area contributed by atoms with E-state index < -0.39 is 0 Å². The van der Waals surface area contributed by atoms with Crippen molar-refractivity contribution in [2.75, 3.05) is 13.1 Å². The molecule has 1 rings (SSSR count). The summed E-state index contributed by atoms with van der Waals surface area (Å²) in [6, 6.07) is 0. The molecule has 0 amide bonds. The van der Waals surface area contributed by atoms with Crippen molar-refractivity contribution in [3.8, 4) is 0 Å². The van der Waals surface area contributed by atoms with E-state index in [4.69, 9.17) is 11.6 Å². The molecular formula is C6H12N4. The highest BCUT2D eigenvalue weighted by Gasteiger charge is 2.06. The Kier molecular flexibility index (Phi) is 2.15. The first-order chi connectivity index (χ1) is 4.84. The second-order valence-electron chi connectivity index (χ2n) is 2.19. The van der Waals surface area contributed by atoms with Gasteiger partial charge in [0.2, 0.25) is 5.96 Å². The van der Waals surface area contributed by atoms with Crippen molar-refractivity contribution in [1.82, 2.24) is 4.90 Å². The third kappa shape index (κ3) is 1.40. The fraction of sp³-hybridized carbons (Fsp3) is 0.500. The van der Waals surface area contributed by atoms with Gasteiger partial charge in [-0.05, 0) is 6.42 Å². The number of nitrogens with two attached hydrogens (primary N) is 2. The lowest BCUT2D eigenvalue weighted by atomic mass is 10.3. The molecule has 0 saturated carbocycles. The van der Waals surface area contributed by atoms with Gasteiger partial charge in [-0.3, -0.25) is 0 Å². The van der Waals surface area contributed by atoms with Crippen LogP contribution in [0.2, 0.25) is 0 Å². The molecular weight excluding hydrogens is 128 g/mol. The van der Waals surface area contributed by atoms with E-state index in [1.54, 1.807) is 0 Å². The maximum atomic E-state index is 5.46. The van der Waals surface area contributed by atoms with E-state index in [2.05, 4.69) is 17.3 Å². The minimum Gasteiger partial charge on any atom is -0.368 e. The summed E-state index contributed by atoms with van der Waals surface area (Å²) in [4.78, 5) is 1.93. The van der Waals surface area contributed by atoms with Crippen LogP contribution in [0.4, 0.5) is 0 Å². The topological polar surface area (TPSA) is 67.6 Å². The summed E-state index contributed by atoms with van der Waals surface area (Å²) in [7, 11) is 0. The van der Waals surface area contributed by atoms with Crippen molar-refractivity contribution < 1.29 is 0 Å². The van der Waals surface area contributed by atoms with Gasteiger partial charge in [-0.2, -0.15) is 0 Å². The van der Waals surface area contributed by atoms with Crippen LogP contribution in [0.25, 0.3) is 0 Å². The van der Waals surface area contributed by atoms with Gasteiger partial charge in [0.1, 0.15) is 0 Å². The standard InChI is InChI=1S/C6H12N4/c7-6(9-8)10-4-2-1-3-5-10/h1-2H,3-5,8H2,(H2,7,9). The summed E-state index contributed by atoms with van der Waals surface area (Å²) in [5.41, 5.74) is 5.46. The molecule has 4 heteroatoms. The second kappa shape index (κ2) is 3.10. The monoisotopic (exact) mass is 140 g/mol. The van der Waals surface area contributed by atoms with Crippen LogP contribution < -0.4 is 11.6 Å². The zero-order valence-electron chi connectivity index (χ0n) is 5.83. The van der Waals surface area contributed by atoms with E-state index in [0.29, 0.717) is 5.96 Å². The largest absolute Gasteiger partial charge is 0.368 e. The lowest BCUT2D eigenvalue weighted by Crippen LogP contribution is -2.40. The van der Waals surface area contributed by atoms with E-state index in [-0.39, 0.29) is 0 Å². The van der Waals surface area contributed by atoms with Crippen molar-refractivity contribution in [3.63, 3.8) is 0 Å². The maximum Gasteiger partial charge on any atom is 0.213 e. The average Bonchev–Trinajstić information content (AvgIpc) is 2.05. The van der Waals surface area contributed by atoms with Gasteiger partial charge in [0.15, 0.2) is 0 Å². The average molecular weight is 140 g/mol. The number of nitrogens with zero attached hydrogens (tertiary/aromatic N) is 2. The van der Waals surface area contributed by atoms with Crippen LogP contribution in [0.1, 0.15) is 6.42 Å². The molecule has 10 heavy (non-hydrogen) atoms. The number of hydrazone groups is 1. The lowest BCUT2D eigenvalue weighted by molar-refractivity contribution is 0.447. The Morgan fingerprint density at radius 3 is 2.80 bits per heavy atom. The van der Waals surface area contributed by atoms with E-state index in [9.17, 15) is 0 Å². The molecule has 1 heterocycles. The predicted molar refractivity (Wildman–Crippen MR) is 41.1 cm³/mol. The van der Waals surface area contributed by atoms with Crippen molar-refractivity contribution in [3.05, 3.63) is 12.2 Å². The fourth-order valence-corrected chi connectivity index (χ4v) is 0.931. The van der Waals surface area contributed by atoms with Gasteiger partial charge in [-0.15, -0.1) is 5.10 Å². The van der Waals surface area contributed by atoms with Gasteiger partial charge >= 0.3 is 0 Å². The van der Waals surface area contributed by atoms with Gasteiger partial charge in [0.25, 0.3) is 0 Å². The van der Waals surface area contributed by atoms with E-state index in [1.165, 1.54) is 0 Å². The molecule has 0 aliphatic carbocycles. The minimum atomic E-state index is 0.421. The highest BCUT2D eigenvalue weighted by Crippen LogP contribution is 1.98. The van der Waals surface area contributed by atoms with Crippen molar-refractivity contribution >= 4 is 5.96 Å². The molecule has 4 nitrogen and oxygen atoms in total. The third-order valence-corrected chi connectivity index (χ3v) is 1.51. The van der Waals surface area contributed by atoms with Gasteiger partial charge in [0, 0.05) is 13.1 Å². The Labute approximate surface area is 60.2 Å². The normalized spacial score (nSPS) is 19.6. The van der Waals surface area contributed by atoms with Crippen molar-refractivity contribution in [1.29, 1.82) is 0 Å². The molecule has 0 atom stereocenters. The molecule has 0 aromatic carbocycles. The SMILES string of the molecule is NN=C(N)N1CC=CCC1. The Bertz CT molecular complexity index is 161. The summed E-state index contributed by atoms with van der Waals surface area (Å²) in [5.74, 6) is 5.42. The molecule has 0 spiro atoms. The molecule has 0 saturated heterocycles. The van der Waals surface area contributed by atoms with Gasteiger partial charge < -0.3 is 16.5 Å². The number of guanidine groups is 1. The highest BCUT2D eigenvalue weighted by atomic mass is 15.3. The second-order valence-corrected chi connectivity index (χ2v) is 2.19. The summed E-state index contributed by atoms with van der Waals surface area (Å²) in [5, 5.41) is 3.40. The summed E-state index contributed by atoms with van der Waals surface area (Å²) >= 11 is 0. The third-order valence-electron chi connectivity index (χ3n) is 1.51. The Hall–Kier alpha value is -1.19. The smallest absolute Gasteiger partial charge is 0.213 e. The molecule has 0 fully saturated rings. The Balaban J connectivity index is 2.49. The molecule has 0 radical (unpaired) electrons. The summed E-state index contributed by atoms with van der Waals surface area (Å²) < 4.78 is 0. The van der Waals surface area contributed by atoms with Gasteiger partial charge in [-0.25, -0.2) is 0 Å². The predicted octanol–water partition coefficient (Wildman–Crippen LogP) is -0.563. The number of hydrogen-bond acceptors (Lipinski definition) is 2. The zero-order chi connectivity index (χ0) is 7.40. The highest BCUT2D eigenvalue weighted by molar-refractivity contribution is 5.77. The fourth-order valence-electron chi connectivity index (χ4n) is 0.931. The van der Waals surface area contributed by atoms with Crippen LogP contribution in [0.5, 0.6) is 0 Å². The number of hydrogen-bond donors (Lipinski definition) is 2. The molecule has 0 bridgehead atoms. The quantitative estimate of drug-likeness (QED) is 0.156. The van der Waals surface area contributed by atoms with Crippen LogP contribution in [0.15, 0.2) is 17.3 Å². The van der Waals surface area contributed by atoms with Crippen LogP contribution in [-0.2, 0) is 0 Å². The first-order valence-corrected chi connectivity index (χ1v) is 3.28. The van der Waals surface area contributed by atoms with Crippen LogP contribution in [-0.4, -0.2) is 23.9 Å². The van der Waals surface area contributed by atoms with Gasteiger partial charge in [-0.1, -0.05) is 12.2 Å².